The minimum Gasteiger partial charge on any atom is -0.481 e. The smallest absolute Gasteiger partial charge is 0.327 e. The van der Waals surface area contributed by atoms with Gasteiger partial charge in [-0.15, -0.1) is 0 Å². The minimum absolute atomic E-state index is 0.468. The van der Waals surface area contributed by atoms with E-state index in [0.717, 1.165) is 22.3 Å². The number of carbonyl (C=O) groups is 2. The first-order chi connectivity index (χ1) is 12.0. The van der Waals surface area contributed by atoms with Gasteiger partial charge in [0.1, 0.15) is 6.04 Å². The van der Waals surface area contributed by atoms with E-state index in [0.29, 0.717) is 0 Å². The fourth-order valence-corrected chi connectivity index (χ4v) is 2.66. The number of hydrogen-bond acceptors (Lipinski definition) is 3. The Morgan fingerprint density at radius 1 is 0.880 bits per heavy atom. The molecule has 0 fully saturated rings. The molecule has 0 aliphatic carbocycles. The van der Waals surface area contributed by atoms with Crippen molar-refractivity contribution in [1.29, 1.82) is 0 Å². The molecule has 126 valence electrons. The summed E-state index contributed by atoms with van der Waals surface area (Å²) in [5, 5.41) is 18.1. The van der Waals surface area contributed by atoms with Gasteiger partial charge in [0.15, 0.2) is 0 Å². The molecule has 1 aromatic carbocycles. The summed E-state index contributed by atoms with van der Waals surface area (Å²) in [6.45, 7) is 0. The van der Waals surface area contributed by atoms with Crippen molar-refractivity contribution in [3.8, 4) is 22.3 Å². The van der Waals surface area contributed by atoms with Gasteiger partial charge in [0.2, 0.25) is 0 Å². The molecule has 3 aromatic rings. The second kappa shape index (κ2) is 7.00. The van der Waals surface area contributed by atoms with Crippen molar-refractivity contribution in [3.63, 3.8) is 0 Å². The molecule has 1 atom stereocenters. The second-order valence-electron chi connectivity index (χ2n) is 5.61. The van der Waals surface area contributed by atoms with E-state index in [-0.39, 0.29) is 0 Å². The van der Waals surface area contributed by atoms with E-state index in [4.69, 9.17) is 5.11 Å². The van der Waals surface area contributed by atoms with Gasteiger partial charge in [-0.2, -0.15) is 0 Å². The van der Waals surface area contributed by atoms with Crippen LogP contribution in [0.25, 0.3) is 22.3 Å². The molecule has 0 saturated carbocycles. The number of aliphatic carboxylic acids is 2. The maximum atomic E-state index is 11.3. The topological polar surface area (TPSA) is 92.4 Å². The maximum Gasteiger partial charge on any atom is 0.327 e. The van der Waals surface area contributed by atoms with Crippen molar-refractivity contribution in [3.05, 3.63) is 67.3 Å². The van der Waals surface area contributed by atoms with Crippen LogP contribution in [0.3, 0.4) is 0 Å². The molecular weight excluding hydrogens is 320 g/mol. The van der Waals surface area contributed by atoms with Gasteiger partial charge in [0.25, 0.3) is 0 Å². The fourth-order valence-electron chi connectivity index (χ4n) is 2.66. The summed E-state index contributed by atoms with van der Waals surface area (Å²) in [4.78, 5) is 26.1. The molecule has 2 N–H and O–H groups in total. The fraction of sp³-hybridized carbons (Fsp3) is 0.105. The molecule has 6 nitrogen and oxygen atoms in total. The molecule has 0 spiro atoms. The van der Waals surface area contributed by atoms with Crippen molar-refractivity contribution < 1.29 is 19.8 Å². The minimum atomic E-state index is -1.17. The van der Waals surface area contributed by atoms with E-state index < -0.39 is 24.4 Å². The molecule has 3 rings (SSSR count). The van der Waals surface area contributed by atoms with Crippen LogP contribution in [0.2, 0.25) is 0 Å². The number of rotatable bonds is 6. The highest BCUT2D eigenvalue weighted by molar-refractivity contribution is 5.79. The lowest BCUT2D eigenvalue weighted by atomic mass is 10.0. The van der Waals surface area contributed by atoms with Crippen LogP contribution in [0.1, 0.15) is 12.5 Å². The Balaban J connectivity index is 1.84. The summed E-state index contributed by atoms with van der Waals surface area (Å²) in [5.41, 5.74) is 3.88. The highest BCUT2D eigenvalue weighted by Crippen LogP contribution is 2.26. The van der Waals surface area contributed by atoms with Gasteiger partial charge in [-0.25, -0.2) is 4.79 Å². The quantitative estimate of drug-likeness (QED) is 0.720. The van der Waals surface area contributed by atoms with Gasteiger partial charge in [0.05, 0.1) is 6.42 Å². The third-order valence-electron chi connectivity index (χ3n) is 3.96. The summed E-state index contributed by atoms with van der Waals surface area (Å²) in [5.74, 6) is -2.32. The summed E-state index contributed by atoms with van der Waals surface area (Å²) < 4.78 is 1.42. The van der Waals surface area contributed by atoms with Gasteiger partial charge in [0, 0.05) is 24.8 Å². The molecule has 0 radical (unpaired) electrons. The monoisotopic (exact) mass is 336 g/mol. The molecule has 0 aliphatic heterocycles. The van der Waals surface area contributed by atoms with Crippen LogP contribution in [-0.2, 0) is 9.59 Å². The van der Waals surface area contributed by atoms with Gasteiger partial charge in [-0.3, -0.25) is 9.78 Å². The van der Waals surface area contributed by atoms with Crippen molar-refractivity contribution in [2.45, 2.75) is 12.5 Å². The first-order valence-electron chi connectivity index (χ1n) is 7.67. The molecule has 6 heteroatoms. The van der Waals surface area contributed by atoms with Crippen LogP contribution in [0, 0.1) is 0 Å². The van der Waals surface area contributed by atoms with Crippen LogP contribution in [0.5, 0.6) is 0 Å². The average Bonchev–Trinajstić information content (AvgIpc) is 3.10. The van der Waals surface area contributed by atoms with Gasteiger partial charge >= 0.3 is 11.9 Å². The van der Waals surface area contributed by atoms with E-state index >= 15 is 0 Å². The summed E-state index contributed by atoms with van der Waals surface area (Å²) in [7, 11) is 0. The highest BCUT2D eigenvalue weighted by atomic mass is 16.4. The lowest BCUT2D eigenvalue weighted by Crippen LogP contribution is -2.21. The molecule has 2 aromatic heterocycles. The Kier molecular flexibility index (Phi) is 4.61. The Morgan fingerprint density at radius 2 is 1.44 bits per heavy atom. The number of benzene rings is 1. The zero-order valence-corrected chi connectivity index (χ0v) is 13.2. The zero-order chi connectivity index (χ0) is 17.8. The predicted molar refractivity (Wildman–Crippen MR) is 92.0 cm³/mol. The molecular formula is C19H16N2O4. The molecule has 0 amide bonds. The van der Waals surface area contributed by atoms with Gasteiger partial charge < -0.3 is 14.8 Å². The number of hydrogen-bond donors (Lipinski definition) is 2. The second-order valence-corrected chi connectivity index (χ2v) is 5.61. The summed E-state index contributed by atoms with van der Waals surface area (Å²) in [6.07, 6.45) is 6.25. The Bertz CT molecular complexity index is 885. The molecule has 1 unspecified atom stereocenters. The first-order valence-corrected chi connectivity index (χ1v) is 7.67. The van der Waals surface area contributed by atoms with Crippen LogP contribution < -0.4 is 0 Å². The Labute approximate surface area is 144 Å². The number of carboxylic acids is 2. The number of pyridine rings is 1. The van der Waals surface area contributed by atoms with Crippen LogP contribution in [0.4, 0.5) is 0 Å². The van der Waals surface area contributed by atoms with Crippen LogP contribution in [0.15, 0.2) is 67.3 Å². The first kappa shape index (κ1) is 16.4. The van der Waals surface area contributed by atoms with E-state index in [1.54, 1.807) is 30.9 Å². The molecule has 25 heavy (non-hydrogen) atoms. The van der Waals surface area contributed by atoms with E-state index in [1.165, 1.54) is 4.57 Å². The Hall–Kier alpha value is -3.41. The lowest BCUT2D eigenvalue weighted by Gasteiger charge is -2.11. The summed E-state index contributed by atoms with van der Waals surface area (Å²) in [6, 6.07) is 12.4. The Morgan fingerprint density at radius 3 is 2.00 bits per heavy atom. The molecule has 0 saturated heterocycles. The van der Waals surface area contributed by atoms with E-state index in [2.05, 4.69) is 4.98 Å². The highest BCUT2D eigenvalue weighted by Gasteiger charge is 2.22. The van der Waals surface area contributed by atoms with E-state index in [9.17, 15) is 14.7 Å². The largest absolute Gasteiger partial charge is 0.481 e. The van der Waals surface area contributed by atoms with Gasteiger partial charge in [-0.1, -0.05) is 24.3 Å². The van der Waals surface area contributed by atoms with Crippen LogP contribution in [-0.4, -0.2) is 31.7 Å². The summed E-state index contributed by atoms with van der Waals surface area (Å²) >= 11 is 0. The average molecular weight is 336 g/mol. The number of carboxylic acid groups (broad SMARTS) is 2. The molecule has 0 aliphatic rings. The number of aromatic nitrogens is 2. The predicted octanol–water partition coefficient (Wildman–Crippen LogP) is 3.32. The normalized spacial score (nSPS) is 11.8. The molecule has 0 bridgehead atoms. The van der Waals surface area contributed by atoms with Crippen molar-refractivity contribution in [2.24, 2.45) is 0 Å². The van der Waals surface area contributed by atoms with Gasteiger partial charge in [-0.05, 0) is 40.5 Å². The van der Waals surface area contributed by atoms with Crippen molar-refractivity contribution >= 4 is 11.9 Å². The molecule has 2 heterocycles. The lowest BCUT2D eigenvalue weighted by molar-refractivity contribution is -0.147. The maximum absolute atomic E-state index is 11.3. The van der Waals surface area contributed by atoms with Crippen molar-refractivity contribution in [1.82, 2.24) is 9.55 Å². The number of nitrogens with zero attached hydrogens (tertiary/aromatic N) is 2. The van der Waals surface area contributed by atoms with E-state index in [1.807, 2.05) is 36.4 Å². The zero-order valence-electron chi connectivity index (χ0n) is 13.2. The van der Waals surface area contributed by atoms with Crippen molar-refractivity contribution in [2.75, 3.05) is 0 Å². The standard InChI is InChI=1S/C19H16N2O4/c22-18(23)11-17(19(24)25)21-10-7-16(12-21)14-3-1-13(2-4-14)15-5-8-20-9-6-15/h1-10,12,17H,11H2,(H,22,23)(H,24,25). The van der Waals surface area contributed by atoms with Crippen LogP contribution >= 0.6 is 0 Å². The third-order valence-corrected chi connectivity index (χ3v) is 3.96. The third kappa shape index (κ3) is 3.74. The SMILES string of the molecule is O=C(O)CC(C(=O)O)n1ccc(-c2ccc(-c3ccncc3)cc2)c1.